The molecule has 1 unspecified atom stereocenters. The molecule has 0 saturated carbocycles. The van der Waals surface area contributed by atoms with Crippen molar-refractivity contribution in [1.29, 1.82) is 0 Å². The minimum absolute atomic E-state index is 0.00500. The molecule has 2 heterocycles. The van der Waals surface area contributed by atoms with Gasteiger partial charge in [-0.05, 0) is 25.3 Å². The molecule has 1 N–H and O–H groups in total. The maximum absolute atomic E-state index is 12.3. The van der Waals surface area contributed by atoms with Gasteiger partial charge in [0, 0.05) is 30.2 Å². The number of carbonyl (C=O) groups is 1. The summed E-state index contributed by atoms with van der Waals surface area (Å²) in [5.41, 5.74) is 0.370. The molecular formula is C12H15BrN2O2. The molecule has 1 aromatic rings. The third-order valence-corrected chi connectivity index (χ3v) is 3.84. The summed E-state index contributed by atoms with van der Waals surface area (Å²) in [6, 6.07) is 3.24. The Kier molecular flexibility index (Phi) is 3.99. The highest BCUT2D eigenvalue weighted by molar-refractivity contribution is 9.09. The third kappa shape index (κ3) is 2.77. The normalized spacial score (nSPS) is 20.3. The molecule has 4 nitrogen and oxygen atoms in total. The fourth-order valence-electron chi connectivity index (χ4n) is 2.14. The number of aromatic amines is 1. The molecule has 0 radical (unpaired) electrons. The number of piperidine rings is 1. The zero-order valence-corrected chi connectivity index (χ0v) is 11.1. The number of halogens is 1. The molecule has 0 spiro atoms. The smallest absolute Gasteiger partial charge is 0.255 e. The number of nitrogens with one attached hydrogen (secondary N) is 1. The van der Waals surface area contributed by atoms with Crippen molar-refractivity contribution in [2.75, 3.05) is 11.9 Å². The molecule has 0 aliphatic carbocycles. The van der Waals surface area contributed by atoms with E-state index in [4.69, 9.17) is 0 Å². The summed E-state index contributed by atoms with van der Waals surface area (Å²) < 4.78 is 0. The molecule has 1 amide bonds. The van der Waals surface area contributed by atoms with E-state index in [1.165, 1.54) is 18.7 Å². The molecule has 17 heavy (non-hydrogen) atoms. The van der Waals surface area contributed by atoms with Crippen LogP contribution in [0.1, 0.15) is 29.6 Å². The van der Waals surface area contributed by atoms with Gasteiger partial charge in [-0.2, -0.15) is 0 Å². The van der Waals surface area contributed by atoms with E-state index in [-0.39, 0.29) is 17.5 Å². The summed E-state index contributed by atoms with van der Waals surface area (Å²) >= 11 is 3.45. The Morgan fingerprint density at radius 2 is 2.29 bits per heavy atom. The molecule has 2 rings (SSSR count). The van der Waals surface area contributed by atoms with Crippen molar-refractivity contribution < 1.29 is 4.79 Å². The van der Waals surface area contributed by atoms with Crippen LogP contribution in [-0.2, 0) is 0 Å². The van der Waals surface area contributed by atoms with Crippen LogP contribution in [-0.4, -0.2) is 33.7 Å². The number of amides is 1. The van der Waals surface area contributed by atoms with Crippen LogP contribution in [0.5, 0.6) is 0 Å². The Morgan fingerprint density at radius 1 is 1.47 bits per heavy atom. The van der Waals surface area contributed by atoms with Gasteiger partial charge in [0.1, 0.15) is 0 Å². The van der Waals surface area contributed by atoms with Gasteiger partial charge in [-0.3, -0.25) is 9.59 Å². The SMILES string of the molecule is O=C(c1ccc(=O)[nH]c1)N1CCCCC1CBr. The van der Waals surface area contributed by atoms with E-state index in [1.54, 1.807) is 6.07 Å². The predicted octanol–water partition coefficient (Wildman–Crippen LogP) is 1.76. The van der Waals surface area contributed by atoms with Gasteiger partial charge in [0.15, 0.2) is 0 Å². The fraction of sp³-hybridized carbons (Fsp3) is 0.500. The van der Waals surface area contributed by atoms with Crippen molar-refractivity contribution in [3.05, 3.63) is 34.2 Å². The highest BCUT2D eigenvalue weighted by Gasteiger charge is 2.26. The van der Waals surface area contributed by atoms with Crippen LogP contribution in [0.3, 0.4) is 0 Å². The van der Waals surface area contributed by atoms with Crippen LogP contribution in [0.25, 0.3) is 0 Å². The topological polar surface area (TPSA) is 53.2 Å². The molecule has 5 heteroatoms. The molecule has 1 fully saturated rings. The van der Waals surface area contributed by atoms with Gasteiger partial charge < -0.3 is 9.88 Å². The van der Waals surface area contributed by atoms with Crippen molar-refractivity contribution >= 4 is 21.8 Å². The summed E-state index contributed by atoms with van der Waals surface area (Å²) in [6.45, 7) is 0.800. The lowest BCUT2D eigenvalue weighted by Crippen LogP contribution is -2.44. The second kappa shape index (κ2) is 5.49. The highest BCUT2D eigenvalue weighted by atomic mass is 79.9. The van der Waals surface area contributed by atoms with E-state index in [0.717, 1.165) is 24.7 Å². The molecule has 1 aromatic heterocycles. The number of likely N-dealkylation sites (tertiary alicyclic amines) is 1. The maximum Gasteiger partial charge on any atom is 0.255 e. The number of carbonyl (C=O) groups excluding carboxylic acids is 1. The Bertz CT molecular complexity index is 438. The zero-order valence-electron chi connectivity index (χ0n) is 9.49. The van der Waals surface area contributed by atoms with Gasteiger partial charge in [0.25, 0.3) is 5.91 Å². The van der Waals surface area contributed by atoms with E-state index in [0.29, 0.717) is 5.56 Å². The molecule has 1 atom stereocenters. The first-order chi connectivity index (χ1) is 8.22. The predicted molar refractivity (Wildman–Crippen MR) is 69.5 cm³/mol. The lowest BCUT2D eigenvalue weighted by molar-refractivity contribution is 0.0641. The van der Waals surface area contributed by atoms with Crippen molar-refractivity contribution in [2.45, 2.75) is 25.3 Å². The minimum Gasteiger partial charge on any atom is -0.335 e. The van der Waals surface area contributed by atoms with Gasteiger partial charge in [-0.15, -0.1) is 0 Å². The maximum atomic E-state index is 12.3. The van der Waals surface area contributed by atoms with Gasteiger partial charge in [-0.1, -0.05) is 15.9 Å². The summed E-state index contributed by atoms with van der Waals surface area (Å²) in [7, 11) is 0. The summed E-state index contributed by atoms with van der Waals surface area (Å²) in [4.78, 5) is 27.6. The van der Waals surface area contributed by atoms with Crippen LogP contribution < -0.4 is 5.56 Å². The monoisotopic (exact) mass is 298 g/mol. The summed E-state index contributed by atoms with van der Waals surface area (Å²) in [5.74, 6) is 0.00500. The van der Waals surface area contributed by atoms with E-state index in [1.807, 2.05) is 4.90 Å². The number of alkyl halides is 1. The van der Waals surface area contributed by atoms with Crippen LogP contribution in [0.2, 0.25) is 0 Å². The van der Waals surface area contributed by atoms with E-state index in [2.05, 4.69) is 20.9 Å². The number of nitrogens with zero attached hydrogens (tertiary/aromatic N) is 1. The minimum atomic E-state index is -0.183. The molecule has 0 aromatic carbocycles. The molecule has 1 aliphatic heterocycles. The van der Waals surface area contributed by atoms with Gasteiger partial charge in [0.05, 0.1) is 5.56 Å². The third-order valence-electron chi connectivity index (χ3n) is 3.10. The second-order valence-corrected chi connectivity index (χ2v) is 4.89. The quantitative estimate of drug-likeness (QED) is 0.846. The molecule has 1 saturated heterocycles. The first-order valence-corrected chi connectivity index (χ1v) is 6.90. The number of pyridine rings is 1. The Labute approximate surface area is 108 Å². The highest BCUT2D eigenvalue weighted by Crippen LogP contribution is 2.20. The number of hydrogen-bond donors (Lipinski definition) is 1. The molecule has 1 aliphatic rings. The number of aromatic nitrogens is 1. The van der Waals surface area contributed by atoms with Gasteiger partial charge in [-0.25, -0.2) is 0 Å². The van der Waals surface area contributed by atoms with Crippen LogP contribution >= 0.6 is 15.9 Å². The first kappa shape index (κ1) is 12.4. The van der Waals surface area contributed by atoms with E-state index in [9.17, 15) is 9.59 Å². The van der Waals surface area contributed by atoms with E-state index >= 15 is 0 Å². The van der Waals surface area contributed by atoms with Crippen molar-refractivity contribution in [2.24, 2.45) is 0 Å². The lowest BCUT2D eigenvalue weighted by atomic mass is 10.0. The average molecular weight is 299 g/mol. The Morgan fingerprint density at radius 3 is 2.94 bits per heavy atom. The van der Waals surface area contributed by atoms with Crippen molar-refractivity contribution in [3.8, 4) is 0 Å². The standard InChI is InChI=1S/C12H15BrN2O2/c13-7-10-3-1-2-6-15(10)12(17)9-4-5-11(16)14-8-9/h4-5,8,10H,1-3,6-7H2,(H,14,16). The summed E-state index contributed by atoms with van der Waals surface area (Å²) in [6.07, 6.45) is 4.76. The van der Waals surface area contributed by atoms with Crippen molar-refractivity contribution in [1.82, 2.24) is 9.88 Å². The first-order valence-electron chi connectivity index (χ1n) is 5.78. The molecule has 0 bridgehead atoms. The molecule has 92 valence electrons. The average Bonchev–Trinajstić information content (AvgIpc) is 2.39. The number of rotatable bonds is 2. The number of H-pyrrole nitrogens is 1. The van der Waals surface area contributed by atoms with Gasteiger partial charge in [0.2, 0.25) is 5.56 Å². The zero-order chi connectivity index (χ0) is 12.3. The second-order valence-electron chi connectivity index (χ2n) is 4.24. The lowest BCUT2D eigenvalue weighted by Gasteiger charge is -2.34. The Balaban J connectivity index is 2.18. The largest absolute Gasteiger partial charge is 0.335 e. The Hall–Kier alpha value is -1.10. The van der Waals surface area contributed by atoms with Crippen LogP contribution in [0.15, 0.2) is 23.1 Å². The number of hydrogen-bond acceptors (Lipinski definition) is 2. The van der Waals surface area contributed by atoms with Gasteiger partial charge >= 0.3 is 0 Å². The van der Waals surface area contributed by atoms with Crippen LogP contribution in [0, 0.1) is 0 Å². The van der Waals surface area contributed by atoms with E-state index < -0.39 is 0 Å². The fourth-order valence-corrected chi connectivity index (χ4v) is 2.81. The van der Waals surface area contributed by atoms with Crippen LogP contribution in [0.4, 0.5) is 0 Å². The van der Waals surface area contributed by atoms with Crippen molar-refractivity contribution in [3.63, 3.8) is 0 Å². The molecular weight excluding hydrogens is 284 g/mol. The summed E-state index contributed by atoms with van der Waals surface area (Å²) in [5, 5.41) is 0.808.